The molecule has 0 radical (unpaired) electrons. The number of hydrogen-bond donors (Lipinski definition) is 0. The van der Waals surface area contributed by atoms with E-state index < -0.39 is 0 Å². The van der Waals surface area contributed by atoms with Crippen LogP contribution >= 0.6 is 0 Å². The van der Waals surface area contributed by atoms with E-state index in [4.69, 9.17) is 0 Å². The molecule has 1 nitrogen and oxygen atoms in total. The van der Waals surface area contributed by atoms with Gasteiger partial charge < -0.3 is 0 Å². The lowest BCUT2D eigenvalue weighted by atomic mass is 9.79. The number of benzene rings is 1. The summed E-state index contributed by atoms with van der Waals surface area (Å²) in [5, 5.41) is 0. The minimum absolute atomic E-state index is 0.248. The predicted octanol–water partition coefficient (Wildman–Crippen LogP) is 4.41. The van der Waals surface area contributed by atoms with Crippen LogP contribution in [0.2, 0.25) is 0 Å². The molecular formula is C17H20O. The zero-order chi connectivity index (χ0) is 13.1. The maximum Gasteiger partial charge on any atom is 0.185 e. The summed E-state index contributed by atoms with van der Waals surface area (Å²) in [7, 11) is 0. The third kappa shape index (κ3) is 2.61. The number of rotatable bonds is 1. The van der Waals surface area contributed by atoms with E-state index in [1.54, 1.807) is 0 Å². The topological polar surface area (TPSA) is 17.1 Å². The van der Waals surface area contributed by atoms with Gasteiger partial charge in [-0.2, -0.15) is 0 Å². The summed E-state index contributed by atoms with van der Waals surface area (Å²) in [6.07, 6.45) is 4.05. The van der Waals surface area contributed by atoms with Crippen LogP contribution in [0.4, 0.5) is 0 Å². The molecule has 1 aromatic rings. The lowest BCUT2D eigenvalue weighted by molar-refractivity contribution is -0.113. The van der Waals surface area contributed by atoms with Crippen LogP contribution in [0.3, 0.4) is 0 Å². The fourth-order valence-corrected chi connectivity index (χ4v) is 2.44. The minimum atomic E-state index is 0.248. The van der Waals surface area contributed by atoms with Gasteiger partial charge in [-0.15, -0.1) is 0 Å². The highest BCUT2D eigenvalue weighted by atomic mass is 16.1. The molecule has 1 aromatic carbocycles. The average Bonchev–Trinajstić information content (AvgIpc) is 2.35. The second-order valence-corrected chi connectivity index (χ2v) is 5.26. The van der Waals surface area contributed by atoms with Gasteiger partial charge in [0.05, 0.1) is 0 Å². The van der Waals surface area contributed by atoms with Crippen LogP contribution in [-0.2, 0) is 4.79 Å². The van der Waals surface area contributed by atoms with E-state index in [1.165, 1.54) is 0 Å². The minimum Gasteiger partial charge on any atom is -0.289 e. The van der Waals surface area contributed by atoms with E-state index in [2.05, 4.69) is 13.0 Å². The van der Waals surface area contributed by atoms with Crippen LogP contribution < -0.4 is 0 Å². The molecule has 18 heavy (non-hydrogen) atoms. The Hall–Kier alpha value is -1.63. The highest BCUT2D eigenvalue weighted by Crippen LogP contribution is 2.32. The molecule has 0 aromatic heterocycles. The van der Waals surface area contributed by atoms with Gasteiger partial charge in [-0.1, -0.05) is 42.8 Å². The number of carbonyl (C=O) groups is 1. The van der Waals surface area contributed by atoms with Crippen molar-refractivity contribution in [3.63, 3.8) is 0 Å². The molecule has 0 amide bonds. The van der Waals surface area contributed by atoms with Gasteiger partial charge in [0.25, 0.3) is 0 Å². The number of hydrogen-bond acceptors (Lipinski definition) is 1. The van der Waals surface area contributed by atoms with Gasteiger partial charge in [-0.05, 0) is 49.8 Å². The normalized spacial score (nSPS) is 22.4. The number of ketones is 1. The molecule has 0 aliphatic heterocycles. The summed E-state index contributed by atoms with van der Waals surface area (Å²) >= 11 is 0. The van der Waals surface area contributed by atoms with Crippen LogP contribution in [0, 0.1) is 5.92 Å². The lowest BCUT2D eigenvalue weighted by Crippen LogP contribution is -2.20. The van der Waals surface area contributed by atoms with E-state index in [0.29, 0.717) is 5.92 Å². The number of Topliss-reactive ketones (excluding diaryl/α,β-unsaturated/α-hetero) is 1. The number of allylic oxidation sites excluding steroid dienone is 3. The zero-order valence-corrected chi connectivity index (χ0v) is 11.4. The van der Waals surface area contributed by atoms with Crippen molar-refractivity contribution in [1.82, 2.24) is 0 Å². The largest absolute Gasteiger partial charge is 0.289 e. The highest BCUT2D eigenvalue weighted by Gasteiger charge is 2.26. The average molecular weight is 240 g/mol. The van der Waals surface area contributed by atoms with E-state index in [1.807, 2.05) is 44.2 Å². The molecule has 1 aliphatic carbocycles. The van der Waals surface area contributed by atoms with E-state index in [-0.39, 0.29) is 5.78 Å². The Bertz CT molecular complexity index is 502. The first-order valence-electron chi connectivity index (χ1n) is 6.57. The van der Waals surface area contributed by atoms with Gasteiger partial charge in [0.15, 0.2) is 5.78 Å². The Morgan fingerprint density at radius 2 is 1.89 bits per heavy atom. The fourth-order valence-electron chi connectivity index (χ4n) is 2.44. The molecule has 0 saturated heterocycles. The highest BCUT2D eigenvalue weighted by molar-refractivity contribution is 6.12. The van der Waals surface area contributed by atoms with Crippen LogP contribution in [0.5, 0.6) is 0 Å². The molecule has 0 unspecified atom stereocenters. The lowest BCUT2D eigenvalue weighted by Gasteiger charge is -2.24. The van der Waals surface area contributed by atoms with Gasteiger partial charge >= 0.3 is 0 Å². The second-order valence-electron chi connectivity index (χ2n) is 5.26. The standard InChI is InChI=1S/C17H20O/c1-12(2)15-10-9-13(3)16(17(15)18)11-14-7-5-4-6-8-14/h4-8,11,13H,9-10H2,1-3H3/t13-/m1/s1. The summed E-state index contributed by atoms with van der Waals surface area (Å²) in [5.41, 5.74) is 4.24. The summed E-state index contributed by atoms with van der Waals surface area (Å²) < 4.78 is 0. The SMILES string of the molecule is CC(C)=C1CC[C@@H](C)C(=Cc2ccccc2)C1=O. The molecule has 1 fully saturated rings. The fraction of sp³-hybridized carbons (Fsp3) is 0.353. The maximum absolute atomic E-state index is 12.5. The van der Waals surface area contributed by atoms with Crippen molar-refractivity contribution >= 4 is 11.9 Å². The van der Waals surface area contributed by atoms with Crippen LogP contribution in [0.25, 0.3) is 6.08 Å². The number of carbonyl (C=O) groups excluding carboxylic acids is 1. The molecule has 94 valence electrons. The van der Waals surface area contributed by atoms with Crippen LogP contribution in [-0.4, -0.2) is 5.78 Å². The summed E-state index contributed by atoms with van der Waals surface area (Å²) in [6, 6.07) is 10.1. The van der Waals surface area contributed by atoms with E-state index in [0.717, 1.165) is 35.1 Å². The van der Waals surface area contributed by atoms with Gasteiger partial charge in [0, 0.05) is 5.57 Å². The molecule has 2 rings (SSSR count). The third-order valence-corrected chi connectivity index (χ3v) is 3.62. The zero-order valence-electron chi connectivity index (χ0n) is 11.4. The van der Waals surface area contributed by atoms with Gasteiger partial charge in [0.2, 0.25) is 0 Å². The first-order valence-corrected chi connectivity index (χ1v) is 6.57. The molecule has 0 heterocycles. The smallest absolute Gasteiger partial charge is 0.185 e. The van der Waals surface area contributed by atoms with Crippen molar-refractivity contribution in [3.8, 4) is 0 Å². The molecule has 1 atom stereocenters. The van der Waals surface area contributed by atoms with Gasteiger partial charge in [-0.3, -0.25) is 4.79 Å². The van der Waals surface area contributed by atoms with E-state index in [9.17, 15) is 4.79 Å². The van der Waals surface area contributed by atoms with Crippen molar-refractivity contribution in [2.45, 2.75) is 33.6 Å². The predicted molar refractivity (Wildman–Crippen MR) is 76.2 cm³/mol. The molecule has 1 aliphatic rings. The Morgan fingerprint density at radius 3 is 2.50 bits per heavy atom. The molecule has 0 N–H and O–H groups in total. The Balaban J connectivity index is 2.39. The van der Waals surface area contributed by atoms with Crippen LogP contribution in [0.15, 0.2) is 47.1 Å². The molecule has 0 spiro atoms. The quantitative estimate of drug-likeness (QED) is 0.665. The molecule has 0 bridgehead atoms. The second kappa shape index (κ2) is 5.34. The first kappa shape index (κ1) is 12.8. The Labute approximate surface area is 109 Å². The summed E-state index contributed by atoms with van der Waals surface area (Å²) in [5.74, 6) is 0.610. The molecular weight excluding hydrogens is 220 g/mol. The van der Waals surface area contributed by atoms with E-state index >= 15 is 0 Å². The van der Waals surface area contributed by atoms with Gasteiger partial charge in [-0.25, -0.2) is 0 Å². The molecule has 1 saturated carbocycles. The van der Waals surface area contributed by atoms with Crippen LogP contribution in [0.1, 0.15) is 39.2 Å². The first-order chi connectivity index (χ1) is 8.59. The van der Waals surface area contributed by atoms with Crippen molar-refractivity contribution < 1.29 is 4.79 Å². The van der Waals surface area contributed by atoms with Crippen molar-refractivity contribution in [3.05, 3.63) is 52.6 Å². The summed E-state index contributed by atoms with van der Waals surface area (Å²) in [4.78, 5) is 12.5. The third-order valence-electron chi connectivity index (χ3n) is 3.62. The summed E-state index contributed by atoms with van der Waals surface area (Å²) in [6.45, 7) is 6.21. The van der Waals surface area contributed by atoms with Crippen molar-refractivity contribution in [2.24, 2.45) is 5.92 Å². The van der Waals surface area contributed by atoms with Gasteiger partial charge in [0.1, 0.15) is 0 Å². The Morgan fingerprint density at radius 1 is 1.22 bits per heavy atom. The Kier molecular flexibility index (Phi) is 3.81. The molecule has 1 heteroatoms. The van der Waals surface area contributed by atoms with Crippen molar-refractivity contribution in [2.75, 3.05) is 0 Å². The maximum atomic E-state index is 12.5. The monoisotopic (exact) mass is 240 g/mol. The van der Waals surface area contributed by atoms with Crippen molar-refractivity contribution in [1.29, 1.82) is 0 Å².